The summed E-state index contributed by atoms with van der Waals surface area (Å²) in [6.07, 6.45) is 3.19. The van der Waals surface area contributed by atoms with Crippen LogP contribution in [0.3, 0.4) is 0 Å². The summed E-state index contributed by atoms with van der Waals surface area (Å²) < 4.78 is 5.64. The minimum absolute atomic E-state index is 0.230. The van der Waals surface area contributed by atoms with Crippen LogP contribution < -0.4 is 0 Å². The fourth-order valence-electron chi connectivity index (χ4n) is 4.40. The number of carbonyl (C=O) groups is 1. The molecule has 0 unspecified atom stereocenters. The van der Waals surface area contributed by atoms with Crippen LogP contribution in [0.25, 0.3) is 21.2 Å². The van der Waals surface area contributed by atoms with Crippen LogP contribution in [0.1, 0.15) is 29.8 Å². The lowest BCUT2D eigenvalue weighted by Crippen LogP contribution is -2.47. The average Bonchev–Trinajstić information content (AvgIpc) is 3.32. The Bertz CT molecular complexity index is 907. The Morgan fingerprint density at radius 3 is 2.80 bits per heavy atom. The van der Waals surface area contributed by atoms with Crippen molar-refractivity contribution >= 4 is 38.7 Å². The van der Waals surface area contributed by atoms with Crippen LogP contribution in [0.15, 0.2) is 35.0 Å². The van der Waals surface area contributed by atoms with E-state index in [2.05, 4.69) is 44.3 Å². The van der Waals surface area contributed by atoms with E-state index in [1.807, 2.05) is 0 Å². The Morgan fingerprint density at radius 2 is 2.08 bits per heavy atom. The molecule has 3 nitrogen and oxygen atoms in total. The molecule has 5 heteroatoms. The summed E-state index contributed by atoms with van der Waals surface area (Å²) in [6.45, 7) is 3.54. The maximum Gasteiger partial charge on any atom is 0.183 e. The second kappa shape index (κ2) is 6.31. The van der Waals surface area contributed by atoms with Gasteiger partial charge in [-0.1, -0.05) is 12.1 Å². The molecule has 1 aromatic carbocycles. The Balaban J connectivity index is 1.40. The Labute approximate surface area is 155 Å². The van der Waals surface area contributed by atoms with Crippen LogP contribution in [0.5, 0.6) is 0 Å². The van der Waals surface area contributed by atoms with Gasteiger partial charge in [0.2, 0.25) is 0 Å². The number of benzene rings is 1. The highest BCUT2D eigenvalue weighted by Crippen LogP contribution is 2.36. The van der Waals surface area contributed by atoms with E-state index in [4.69, 9.17) is 0 Å². The number of carbonyl (C=O) groups excluding carboxylic acids is 1. The third kappa shape index (κ3) is 2.84. The van der Waals surface area contributed by atoms with E-state index < -0.39 is 0 Å². The first-order chi connectivity index (χ1) is 12.3. The molecule has 6 rings (SSSR count). The van der Waals surface area contributed by atoms with E-state index >= 15 is 0 Å². The minimum atomic E-state index is 0.230. The zero-order valence-electron chi connectivity index (χ0n) is 14.0. The first-order valence-corrected chi connectivity index (χ1v) is 10.7. The summed E-state index contributed by atoms with van der Waals surface area (Å²) in [5.74, 6) is 1.49. The van der Waals surface area contributed by atoms with Crippen molar-refractivity contribution in [2.24, 2.45) is 11.8 Å². The number of piperidine rings is 3. The van der Waals surface area contributed by atoms with Crippen molar-refractivity contribution in [3.8, 4) is 11.1 Å². The van der Waals surface area contributed by atoms with E-state index in [1.54, 1.807) is 11.3 Å². The molecule has 5 heterocycles. The molecule has 0 N–H and O–H groups in total. The maximum absolute atomic E-state index is 12.9. The van der Waals surface area contributed by atoms with Crippen molar-refractivity contribution in [2.75, 3.05) is 19.6 Å². The van der Waals surface area contributed by atoms with Gasteiger partial charge in [0, 0.05) is 18.4 Å². The minimum Gasteiger partial charge on any atom is -0.303 e. The summed E-state index contributed by atoms with van der Waals surface area (Å²) >= 11 is 3.16. The molecular formula is C20H20N2OS2. The van der Waals surface area contributed by atoms with Crippen LogP contribution in [-0.4, -0.2) is 34.7 Å². The summed E-state index contributed by atoms with van der Waals surface area (Å²) in [6, 6.07) is 8.49. The molecule has 25 heavy (non-hydrogen) atoms. The maximum atomic E-state index is 12.9. The molecule has 3 fully saturated rings. The number of nitrogens with zero attached hydrogens (tertiary/aromatic N) is 2. The highest BCUT2D eigenvalue weighted by atomic mass is 32.1. The summed E-state index contributed by atoms with van der Waals surface area (Å²) in [5.41, 5.74) is 3.13. The molecule has 3 aliphatic heterocycles. The van der Waals surface area contributed by atoms with Gasteiger partial charge in [-0.3, -0.25) is 4.79 Å². The van der Waals surface area contributed by atoms with E-state index in [0.29, 0.717) is 18.0 Å². The molecule has 3 saturated heterocycles. The van der Waals surface area contributed by atoms with Gasteiger partial charge >= 0.3 is 0 Å². The number of thiophene rings is 1. The smallest absolute Gasteiger partial charge is 0.183 e. The fourth-order valence-corrected chi connectivity index (χ4v) is 5.90. The molecule has 3 aliphatic rings. The second-order valence-electron chi connectivity index (χ2n) is 7.28. The summed E-state index contributed by atoms with van der Waals surface area (Å²) in [7, 11) is 0. The molecule has 0 amide bonds. The third-order valence-electron chi connectivity index (χ3n) is 5.83. The van der Waals surface area contributed by atoms with Gasteiger partial charge in [-0.25, -0.2) is 0 Å². The SMILES string of the molecule is O=C(C[C@@H]1CN2CCC1CC2)c1nsc2cc(-c3ccsc3)ccc12. The molecule has 0 aliphatic carbocycles. The van der Waals surface area contributed by atoms with E-state index in [1.165, 1.54) is 48.6 Å². The standard InChI is InChI=1S/C20H20N2OS2/c23-18(9-16-11-22-6-3-13(16)4-7-22)20-17-2-1-14(10-19(17)25-21-20)15-5-8-24-12-15/h1-2,5,8,10,12-13,16H,3-4,6-7,9,11H2/t16-/m1/s1. The molecule has 1 atom stereocenters. The van der Waals surface area contributed by atoms with E-state index in [9.17, 15) is 4.79 Å². The van der Waals surface area contributed by atoms with Crippen molar-refractivity contribution < 1.29 is 4.79 Å². The van der Waals surface area contributed by atoms with Crippen LogP contribution in [0.4, 0.5) is 0 Å². The second-order valence-corrected chi connectivity index (χ2v) is 8.86. The molecule has 128 valence electrons. The van der Waals surface area contributed by atoms with Gasteiger partial charge in [0.1, 0.15) is 5.69 Å². The number of Topliss-reactive ketones (excluding diaryl/α,β-unsaturated/α-hetero) is 1. The van der Waals surface area contributed by atoms with Crippen molar-refractivity contribution in [3.63, 3.8) is 0 Å². The molecule has 3 aromatic rings. The molecular weight excluding hydrogens is 348 g/mol. The number of hydrogen-bond acceptors (Lipinski definition) is 5. The van der Waals surface area contributed by atoms with Crippen molar-refractivity contribution in [1.82, 2.24) is 9.27 Å². The van der Waals surface area contributed by atoms with Crippen LogP contribution in [0, 0.1) is 11.8 Å². The van der Waals surface area contributed by atoms with Gasteiger partial charge in [-0.15, -0.1) is 0 Å². The van der Waals surface area contributed by atoms with Crippen LogP contribution >= 0.6 is 22.9 Å². The predicted molar refractivity (Wildman–Crippen MR) is 105 cm³/mol. The highest BCUT2D eigenvalue weighted by Gasteiger charge is 2.35. The number of rotatable bonds is 4. The van der Waals surface area contributed by atoms with Gasteiger partial charge in [0.05, 0.1) is 4.70 Å². The van der Waals surface area contributed by atoms with E-state index in [-0.39, 0.29) is 5.78 Å². The lowest BCUT2D eigenvalue weighted by atomic mass is 9.76. The van der Waals surface area contributed by atoms with Crippen molar-refractivity contribution in [1.29, 1.82) is 0 Å². The van der Waals surface area contributed by atoms with Crippen LogP contribution in [-0.2, 0) is 0 Å². The topological polar surface area (TPSA) is 33.2 Å². The molecule has 0 spiro atoms. The molecule has 2 aromatic heterocycles. The third-order valence-corrected chi connectivity index (χ3v) is 7.32. The lowest BCUT2D eigenvalue weighted by Gasteiger charge is -2.44. The Hall–Kier alpha value is -1.56. The number of ketones is 1. The average molecular weight is 369 g/mol. The highest BCUT2D eigenvalue weighted by molar-refractivity contribution is 7.13. The number of hydrogen-bond donors (Lipinski definition) is 0. The van der Waals surface area contributed by atoms with Crippen molar-refractivity contribution in [2.45, 2.75) is 19.3 Å². The van der Waals surface area contributed by atoms with Gasteiger partial charge in [0.15, 0.2) is 5.78 Å². The normalized spacial score (nSPS) is 25.5. The van der Waals surface area contributed by atoms with E-state index in [0.717, 1.165) is 22.5 Å². The Morgan fingerprint density at radius 1 is 1.20 bits per heavy atom. The van der Waals surface area contributed by atoms with Crippen molar-refractivity contribution in [3.05, 3.63) is 40.7 Å². The number of aromatic nitrogens is 1. The summed E-state index contributed by atoms with van der Waals surface area (Å²) in [4.78, 5) is 15.4. The molecule has 2 bridgehead atoms. The van der Waals surface area contributed by atoms with Gasteiger partial charge < -0.3 is 4.90 Å². The first-order valence-electron chi connectivity index (χ1n) is 8.95. The monoisotopic (exact) mass is 368 g/mol. The zero-order valence-corrected chi connectivity index (χ0v) is 15.6. The van der Waals surface area contributed by atoms with Crippen LogP contribution in [0.2, 0.25) is 0 Å². The zero-order chi connectivity index (χ0) is 16.8. The first kappa shape index (κ1) is 15.7. The quantitative estimate of drug-likeness (QED) is 0.612. The molecule has 0 saturated carbocycles. The number of fused-ring (bicyclic) bond motifs is 4. The summed E-state index contributed by atoms with van der Waals surface area (Å²) in [5, 5.41) is 5.27. The largest absolute Gasteiger partial charge is 0.303 e. The predicted octanol–water partition coefficient (Wildman–Crippen LogP) is 4.94. The fraction of sp³-hybridized carbons (Fsp3) is 0.400. The Kier molecular flexibility index (Phi) is 3.95. The lowest BCUT2D eigenvalue weighted by molar-refractivity contribution is 0.0440. The van der Waals surface area contributed by atoms with Gasteiger partial charge in [-0.2, -0.15) is 15.7 Å². The molecule has 0 radical (unpaired) electrons. The van der Waals surface area contributed by atoms with Gasteiger partial charge in [0.25, 0.3) is 0 Å². The van der Waals surface area contributed by atoms with Gasteiger partial charge in [-0.05, 0) is 83.3 Å².